The normalized spacial score (nSPS) is 10.8. The molecule has 0 saturated carbocycles. The quantitative estimate of drug-likeness (QED) is 0.777. The topological polar surface area (TPSA) is 29.9 Å². The molecule has 0 aliphatic rings. The third kappa shape index (κ3) is 4.17. The molecule has 4 heteroatoms. The van der Waals surface area contributed by atoms with Crippen LogP contribution in [0, 0.1) is 5.82 Å². The van der Waals surface area contributed by atoms with Gasteiger partial charge in [0.05, 0.1) is 11.9 Å². The Morgan fingerprint density at radius 2 is 2.00 bits per heavy atom. The summed E-state index contributed by atoms with van der Waals surface area (Å²) in [5.74, 6) is -0.224. The largest absolute Gasteiger partial charge is 0.317 e. The van der Waals surface area contributed by atoms with Crippen LogP contribution in [-0.4, -0.2) is 22.9 Å². The Kier molecular flexibility index (Phi) is 5.10. The first-order valence-electron chi connectivity index (χ1n) is 6.80. The van der Waals surface area contributed by atoms with Crippen LogP contribution in [0.1, 0.15) is 25.3 Å². The molecule has 1 aromatic carbocycles. The SMILES string of the molecule is CCCNCCCc1cnn(-c2ccc(F)cc2)c1. The molecule has 0 radical (unpaired) electrons. The highest BCUT2D eigenvalue weighted by Gasteiger charge is 2.01. The first kappa shape index (κ1) is 13.7. The second-order valence-electron chi connectivity index (χ2n) is 4.62. The number of hydrogen-bond donors (Lipinski definition) is 1. The molecular formula is C15H20FN3. The third-order valence-electron chi connectivity index (χ3n) is 2.97. The van der Waals surface area contributed by atoms with Crippen molar-refractivity contribution in [2.45, 2.75) is 26.2 Å². The highest BCUT2D eigenvalue weighted by Crippen LogP contribution is 2.10. The van der Waals surface area contributed by atoms with E-state index in [4.69, 9.17) is 0 Å². The number of benzene rings is 1. The van der Waals surface area contributed by atoms with Crippen molar-refractivity contribution in [3.8, 4) is 5.69 Å². The number of nitrogens with zero attached hydrogens (tertiary/aromatic N) is 2. The fourth-order valence-electron chi connectivity index (χ4n) is 1.94. The van der Waals surface area contributed by atoms with Crippen LogP contribution < -0.4 is 5.32 Å². The maximum absolute atomic E-state index is 12.8. The van der Waals surface area contributed by atoms with Gasteiger partial charge in [-0.05, 0) is 62.2 Å². The molecule has 0 saturated heterocycles. The smallest absolute Gasteiger partial charge is 0.123 e. The fourth-order valence-corrected chi connectivity index (χ4v) is 1.94. The van der Waals surface area contributed by atoms with E-state index >= 15 is 0 Å². The summed E-state index contributed by atoms with van der Waals surface area (Å²) in [7, 11) is 0. The highest BCUT2D eigenvalue weighted by molar-refractivity contribution is 5.31. The van der Waals surface area contributed by atoms with Gasteiger partial charge >= 0.3 is 0 Å². The van der Waals surface area contributed by atoms with Gasteiger partial charge in [-0.3, -0.25) is 0 Å². The maximum Gasteiger partial charge on any atom is 0.123 e. The van der Waals surface area contributed by atoms with E-state index in [1.165, 1.54) is 24.1 Å². The van der Waals surface area contributed by atoms with Gasteiger partial charge in [0, 0.05) is 6.20 Å². The van der Waals surface area contributed by atoms with E-state index in [0.717, 1.165) is 31.6 Å². The Hall–Kier alpha value is -1.68. The lowest BCUT2D eigenvalue weighted by molar-refractivity contribution is 0.627. The zero-order valence-corrected chi connectivity index (χ0v) is 11.3. The molecule has 0 aliphatic heterocycles. The minimum atomic E-state index is -0.224. The van der Waals surface area contributed by atoms with E-state index in [9.17, 15) is 4.39 Å². The minimum Gasteiger partial charge on any atom is -0.317 e. The number of aryl methyl sites for hydroxylation is 1. The Morgan fingerprint density at radius 3 is 2.74 bits per heavy atom. The molecule has 2 rings (SSSR count). The average Bonchev–Trinajstić information content (AvgIpc) is 2.88. The molecular weight excluding hydrogens is 241 g/mol. The van der Waals surface area contributed by atoms with E-state index in [1.54, 1.807) is 16.8 Å². The van der Waals surface area contributed by atoms with E-state index in [1.807, 2.05) is 12.4 Å². The van der Waals surface area contributed by atoms with Gasteiger partial charge in [0.2, 0.25) is 0 Å². The fraction of sp³-hybridized carbons (Fsp3) is 0.400. The van der Waals surface area contributed by atoms with Gasteiger partial charge in [-0.2, -0.15) is 5.10 Å². The van der Waals surface area contributed by atoms with Crippen LogP contribution in [0.2, 0.25) is 0 Å². The van der Waals surface area contributed by atoms with Gasteiger partial charge in [-0.25, -0.2) is 9.07 Å². The summed E-state index contributed by atoms with van der Waals surface area (Å²) in [5.41, 5.74) is 2.10. The number of hydrogen-bond acceptors (Lipinski definition) is 2. The number of nitrogens with one attached hydrogen (secondary N) is 1. The second kappa shape index (κ2) is 7.04. The summed E-state index contributed by atoms with van der Waals surface area (Å²) in [6.07, 6.45) is 7.17. The molecule has 2 aromatic rings. The van der Waals surface area contributed by atoms with Crippen LogP contribution in [0.5, 0.6) is 0 Å². The molecule has 3 nitrogen and oxygen atoms in total. The van der Waals surface area contributed by atoms with Gasteiger partial charge in [0.1, 0.15) is 5.82 Å². The highest BCUT2D eigenvalue weighted by atomic mass is 19.1. The first-order valence-corrected chi connectivity index (χ1v) is 6.80. The van der Waals surface area contributed by atoms with Gasteiger partial charge in [0.25, 0.3) is 0 Å². The van der Waals surface area contributed by atoms with Crippen molar-refractivity contribution in [3.63, 3.8) is 0 Å². The van der Waals surface area contributed by atoms with Crippen LogP contribution in [-0.2, 0) is 6.42 Å². The molecule has 0 aliphatic carbocycles. The Morgan fingerprint density at radius 1 is 1.21 bits per heavy atom. The van der Waals surface area contributed by atoms with Crippen LogP contribution in [0.15, 0.2) is 36.7 Å². The van der Waals surface area contributed by atoms with E-state index in [2.05, 4.69) is 17.3 Å². The predicted molar refractivity (Wildman–Crippen MR) is 75.0 cm³/mol. The van der Waals surface area contributed by atoms with Crippen molar-refractivity contribution in [1.29, 1.82) is 0 Å². The van der Waals surface area contributed by atoms with Crippen molar-refractivity contribution in [3.05, 3.63) is 48.0 Å². The van der Waals surface area contributed by atoms with Crippen LogP contribution in [0.3, 0.4) is 0 Å². The molecule has 1 aromatic heterocycles. The molecule has 0 unspecified atom stereocenters. The number of aromatic nitrogens is 2. The van der Waals surface area contributed by atoms with Crippen molar-refractivity contribution >= 4 is 0 Å². The summed E-state index contributed by atoms with van der Waals surface area (Å²) in [5, 5.41) is 7.69. The van der Waals surface area contributed by atoms with Gasteiger partial charge in [-0.1, -0.05) is 6.92 Å². The molecule has 0 atom stereocenters. The first-order chi connectivity index (χ1) is 9.29. The monoisotopic (exact) mass is 261 g/mol. The lowest BCUT2D eigenvalue weighted by Crippen LogP contribution is -2.16. The third-order valence-corrected chi connectivity index (χ3v) is 2.97. The lowest BCUT2D eigenvalue weighted by atomic mass is 10.2. The zero-order chi connectivity index (χ0) is 13.5. The Balaban J connectivity index is 1.86. The second-order valence-corrected chi connectivity index (χ2v) is 4.62. The molecule has 102 valence electrons. The Labute approximate surface area is 113 Å². The van der Waals surface area contributed by atoms with Crippen LogP contribution in [0.4, 0.5) is 4.39 Å². The van der Waals surface area contributed by atoms with Crippen molar-refractivity contribution < 1.29 is 4.39 Å². The summed E-state index contributed by atoms with van der Waals surface area (Å²) in [6, 6.07) is 6.36. The van der Waals surface area contributed by atoms with Gasteiger partial charge < -0.3 is 5.32 Å². The summed E-state index contributed by atoms with van der Waals surface area (Å²) < 4.78 is 14.6. The molecule has 0 bridgehead atoms. The summed E-state index contributed by atoms with van der Waals surface area (Å²) in [4.78, 5) is 0. The molecule has 1 heterocycles. The Bertz CT molecular complexity index is 490. The predicted octanol–water partition coefficient (Wildman–Crippen LogP) is 2.94. The zero-order valence-electron chi connectivity index (χ0n) is 11.3. The molecule has 0 fully saturated rings. The van der Waals surface area contributed by atoms with Crippen molar-refractivity contribution in [2.24, 2.45) is 0 Å². The maximum atomic E-state index is 12.8. The van der Waals surface area contributed by atoms with E-state index < -0.39 is 0 Å². The molecule has 0 spiro atoms. The van der Waals surface area contributed by atoms with E-state index in [0.29, 0.717) is 0 Å². The molecule has 0 amide bonds. The number of rotatable bonds is 7. The van der Waals surface area contributed by atoms with Gasteiger partial charge in [-0.15, -0.1) is 0 Å². The summed E-state index contributed by atoms with van der Waals surface area (Å²) >= 11 is 0. The average molecular weight is 261 g/mol. The van der Waals surface area contributed by atoms with Crippen molar-refractivity contribution in [2.75, 3.05) is 13.1 Å². The van der Waals surface area contributed by atoms with E-state index in [-0.39, 0.29) is 5.82 Å². The van der Waals surface area contributed by atoms with Crippen molar-refractivity contribution in [1.82, 2.24) is 15.1 Å². The van der Waals surface area contributed by atoms with Crippen LogP contribution >= 0.6 is 0 Å². The minimum absolute atomic E-state index is 0.224. The van der Waals surface area contributed by atoms with Crippen LogP contribution in [0.25, 0.3) is 5.69 Å². The number of halogens is 1. The molecule has 1 N–H and O–H groups in total. The lowest BCUT2D eigenvalue weighted by Gasteiger charge is -2.01. The standard InChI is InChI=1S/C15H20FN3/c1-2-9-17-10-3-4-13-11-18-19(12-13)15-7-5-14(16)6-8-15/h5-8,11-12,17H,2-4,9-10H2,1H3. The summed E-state index contributed by atoms with van der Waals surface area (Å²) in [6.45, 7) is 4.28. The van der Waals surface area contributed by atoms with Gasteiger partial charge in [0.15, 0.2) is 0 Å². The molecule has 19 heavy (non-hydrogen) atoms.